The molecule has 0 amide bonds. The van der Waals surface area contributed by atoms with Gasteiger partial charge in [-0.1, -0.05) is 0 Å². The molecule has 4 N–H and O–H groups in total. The molecule has 0 bridgehead atoms. The average molecular weight is 430 g/mol. The Hall–Kier alpha value is -2.08. The second-order valence-electron chi connectivity index (χ2n) is 6.18. The summed E-state index contributed by atoms with van der Waals surface area (Å²) in [5.41, 5.74) is 0.601. The van der Waals surface area contributed by atoms with Crippen LogP contribution < -0.4 is 0 Å². The van der Waals surface area contributed by atoms with Crippen molar-refractivity contribution < 1.29 is 49.0 Å². The summed E-state index contributed by atoms with van der Waals surface area (Å²) < 4.78 is 20.9. The average Bonchev–Trinajstić information content (AvgIpc) is 2.72. The molecule has 0 saturated carbocycles. The van der Waals surface area contributed by atoms with Crippen LogP contribution in [-0.2, 0) is 31.8 Å². The summed E-state index contributed by atoms with van der Waals surface area (Å²) in [7, 11) is 0. The molecule has 0 aromatic heterocycles. The van der Waals surface area contributed by atoms with Crippen molar-refractivity contribution in [2.45, 2.75) is 12.8 Å². The highest BCUT2D eigenvalue weighted by Gasteiger charge is 2.20. The summed E-state index contributed by atoms with van der Waals surface area (Å²) in [5.74, 6) is -2.42. The van der Waals surface area contributed by atoms with Gasteiger partial charge < -0.3 is 39.4 Å². The number of carbonyl (C=O) groups is 2. The van der Waals surface area contributed by atoms with Gasteiger partial charge >= 0.3 is 11.9 Å². The number of carboxylic acids is 2. The molecule has 0 aliphatic rings. The molecule has 10 nitrogen and oxygen atoms in total. The topological polar surface area (TPSA) is 152 Å². The van der Waals surface area contributed by atoms with E-state index in [-0.39, 0.29) is 76.0 Å². The summed E-state index contributed by atoms with van der Waals surface area (Å²) >= 11 is 0. The first-order valence-electron chi connectivity index (χ1n) is 9.66. The molecule has 0 fully saturated rings. The van der Waals surface area contributed by atoms with Gasteiger partial charge in [-0.25, -0.2) is 9.59 Å². The van der Waals surface area contributed by atoms with E-state index < -0.39 is 11.9 Å². The Bertz CT molecular complexity index is 611. The Balaban J connectivity index is 2.69. The van der Waals surface area contributed by atoms with E-state index in [9.17, 15) is 19.8 Å². The summed E-state index contributed by atoms with van der Waals surface area (Å²) in [5, 5.41) is 36.3. The molecule has 1 aromatic rings. The van der Waals surface area contributed by atoms with Crippen molar-refractivity contribution in [1.82, 2.24) is 0 Å². The minimum Gasteiger partial charge on any atom is -0.478 e. The summed E-state index contributed by atoms with van der Waals surface area (Å²) in [6.07, 6.45) is 0.474. The lowest BCUT2D eigenvalue weighted by atomic mass is 9.94. The van der Waals surface area contributed by atoms with E-state index in [2.05, 4.69) is 0 Å². The summed E-state index contributed by atoms with van der Waals surface area (Å²) in [4.78, 5) is 23.4. The Labute approximate surface area is 174 Å². The van der Waals surface area contributed by atoms with Gasteiger partial charge in [0.05, 0.1) is 77.2 Å². The lowest BCUT2D eigenvalue weighted by molar-refractivity contribution is 0.0337. The normalized spacial score (nSPS) is 11.0. The van der Waals surface area contributed by atoms with Crippen LogP contribution in [0, 0.1) is 0 Å². The Kier molecular flexibility index (Phi) is 13.6. The van der Waals surface area contributed by atoms with E-state index in [4.69, 9.17) is 29.2 Å². The second kappa shape index (κ2) is 15.7. The Morgan fingerprint density at radius 2 is 1.03 bits per heavy atom. The summed E-state index contributed by atoms with van der Waals surface area (Å²) in [6.45, 7) is 1.87. The number of ether oxygens (including phenoxy) is 4. The van der Waals surface area contributed by atoms with Gasteiger partial charge in [0.25, 0.3) is 0 Å². The lowest BCUT2D eigenvalue weighted by Gasteiger charge is -2.14. The molecule has 30 heavy (non-hydrogen) atoms. The van der Waals surface area contributed by atoms with Crippen molar-refractivity contribution in [1.29, 1.82) is 0 Å². The van der Waals surface area contributed by atoms with Crippen LogP contribution in [0.3, 0.4) is 0 Å². The van der Waals surface area contributed by atoms with E-state index in [0.717, 1.165) is 0 Å². The fourth-order valence-corrected chi connectivity index (χ4v) is 2.66. The number of aromatic carboxylic acids is 2. The molecule has 10 heteroatoms. The SMILES string of the molecule is O=C(O)c1cc(CCOCCOCCO)cc(C(=O)O)c1CCOCCOCCO. The molecule has 0 saturated heterocycles. The molecule has 170 valence electrons. The Morgan fingerprint density at radius 1 is 0.633 bits per heavy atom. The first-order chi connectivity index (χ1) is 14.5. The van der Waals surface area contributed by atoms with Crippen molar-refractivity contribution in [2.24, 2.45) is 0 Å². The van der Waals surface area contributed by atoms with E-state index >= 15 is 0 Å². The number of aliphatic hydroxyl groups excluding tert-OH is 2. The highest BCUT2D eigenvalue weighted by atomic mass is 16.5. The van der Waals surface area contributed by atoms with Gasteiger partial charge in [-0.3, -0.25) is 0 Å². The molecule has 0 heterocycles. The largest absolute Gasteiger partial charge is 0.478 e. The second-order valence-corrected chi connectivity index (χ2v) is 6.18. The van der Waals surface area contributed by atoms with Crippen LogP contribution in [0.5, 0.6) is 0 Å². The van der Waals surface area contributed by atoms with Gasteiger partial charge in [-0.2, -0.15) is 0 Å². The summed E-state index contributed by atoms with van der Waals surface area (Å²) in [6, 6.07) is 2.92. The molecular formula is C20H30O10. The molecule has 1 aromatic carbocycles. The van der Waals surface area contributed by atoms with Crippen molar-refractivity contribution in [3.63, 3.8) is 0 Å². The maximum Gasteiger partial charge on any atom is 0.335 e. The monoisotopic (exact) mass is 430 g/mol. The zero-order valence-electron chi connectivity index (χ0n) is 16.9. The third kappa shape index (κ3) is 10.1. The van der Waals surface area contributed by atoms with Crippen molar-refractivity contribution in [2.75, 3.05) is 66.1 Å². The van der Waals surface area contributed by atoms with Crippen LogP contribution in [0.15, 0.2) is 12.1 Å². The molecule has 0 aliphatic heterocycles. The van der Waals surface area contributed by atoms with Gasteiger partial charge in [0.2, 0.25) is 0 Å². The highest BCUT2D eigenvalue weighted by molar-refractivity contribution is 5.97. The number of rotatable bonds is 18. The highest BCUT2D eigenvalue weighted by Crippen LogP contribution is 2.20. The lowest BCUT2D eigenvalue weighted by Crippen LogP contribution is -2.15. The first-order valence-corrected chi connectivity index (χ1v) is 9.66. The number of aliphatic hydroxyl groups is 2. The van der Waals surface area contributed by atoms with E-state index in [0.29, 0.717) is 25.2 Å². The molecule has 1 rings (SSSR count). The van der Waals surface area contributed by atoms with Crippen molar-refractivity contribution in [3.8, 4) is 0 Å². The zero-order valence-corrected chi connectivity index (χ0v) is 16.9. The van der Waals surface area contributed by atoms with Crippen LogP contribution in [0.2, 0.25) is 0 Å². The van der Waals surface area contributed by atoms with Gasteiger partial charge in [-0.15, -0.1) is 0 Å². The van der Waals surface area contributed by atoms with Crippen molar-refractivity contribution in [3.05, 3.63) is 34.4 Å². The number of hydrogen-bond donors (Lipinski definition) is 4. The van der Waals surface area contributed by atoms with Crippen LogP contribution in [0.1, 0.15) is 31.8 Å². The quantitative estimate of drug-likeness (QED) is 0.238. The first kappa shape index (κ1) is 26.0. The van der Waals surface area contributed by atoms with E-state index in [1.165, 1.54) is 12.1 Å². The number of carboxylic acid groups (broad SMARTS) is 2. The van der Waals surface area contributed by atoms with Crippen LogP contribution in [-0.4, -0.2) is 98.4 Å². The molecule has 0 radical (unpaired) electrons. The predicted molar refractivity (Wildman–Crippen MR) is 105 cm³/mol. The van der Waals surface area contributed by atoms with Gasteiger partial charge in [0, 0.05) is 0 Å². The van der Waals surface area contributed by atoms with Gasteiger partial charge in [0.1, 0.15) is 0 Å². The fraction of sp³-hybridized carbons (Fsp3) is 0.600. The van der Waals surface area contributed by atoms with Gasteiger partial charge in [-0.05, 0) is 36.1 Å². The van der Waals surface area contributed by atoms with Crippen LogP contribution in [0.4, 0.5) is 0 Å². The number of benzene rings is 1. The minimum absolute atomic E-state index is 0.0647. The molecule has 0 spiro atoms. The number of hydrogen-bond acceptors (Lipinski definition) is 8. The maximum atomic E-state index is 11.7. The van der Waals surface area contributed by atoms with E-state index in [1.807, 2.05) is 0 Å². The van der Waals surface area contributed by atoms with Crippen LogP contribution in [0.25, 0.3) is 0 Å². The third-order valence-electron chi connectivity index (χ3n) is 4.02. The van der Waals surface area contributed by atoms with Gasteiger partial charge in [0.15, 0.2) is 0 Å². The minimum atomic E-state index is -1.21. The standard InChI is InChI=1S/C20H30O10/c21-3-7-29-11-9-27-5-1-15-13-17(19(23)24)16(18(14-15)20(25)26)2-6-28-10-12-30-8-4-22/h13-14,21-22H,1-12H2,(H,23,24)(H,25,26). The Morgan fingerprint density at radius 3 is 1.43 bits per heavy atom. The fourth-order valence-electron chi connectivity index (χ4n) is 2.66. The molecular weight excluding hydrogens is 400 g/mol. The zero-order chi connectivity index (χ0) is 22.2. The van der Waals surface area contributed by atoms with Crippen LogP contribution >= 0.6 is 0 Å². The molecule has 0 unspecified atom stereocenters. The molecule has 0 atom stereocenters. The predicted octanol–water partition coefficient (Wildman–Crippen LogP) is 0.219. The third-order valence-corrected chi connectivity index (χ3v) is 4.02. The molecule has 0 aliphatic carbocycles. The smallest absolute Gasteiger partial charge is 0.335 e. The van der Waals surface area contributed by atoms with E-state index in [1.54, 1.807) is 0 Å². The van der Waals surface area contributed by atoms with Crippen molar-refractivity contribution >= 4 is 11.9 Å². The maximum absolute atomic E-state index is 11.7.